The minimum absolute atomic E-state index is 0.186. The molecular weight excluding hydrogens is 290 g/mol. The van der Waals surface area contributed by atoms with Crippen molar-refractivity contribution in [1.82, 2.24) is 14.8 Å². The molecule has 0 saturated heterocycles. The molecular formula is C15H18ClN3O2. The summed E-state index contributed by atoms with van der Waals surface area (Å²) in [7, 11) is 1.85. The fourth-order valence-electron chi connectivity index (χ4n) is 1.93. The van der Waals surface area contributed by atoms with Gasteiger partial charge < -0.3 is 4.74 Å². The summed E-state index contributed by atoms with van der Waals surface area (Å²) >= 11 is 5.83. The molecule has 0 unspecified atom stereocenters. The summed E-state index contributed by atoms with van der Waals surface area (Å²) in [6.07, 6.45) is 3.34. The fraction of sp³-hybridized carbons (Fsp3) is 0.400. The summed E-state index contributed by atoms with van der Waals surface area (Å²) in [4.78, 5) is 15.8. The van der Waals surface area contributed by atoms with Crippen LogP contribution in [0.25, 0.3) is 11.4 Å². The van der Waals surface area contributed by atoms with E-state index in [1.807, 2.05) is 26.1 Å². The van der Waals surface area contributed by atoms with Gasteiger partial charge in [0, 0.05) is 19.7 Å². The summed E-state index contributed by atoms with van der Waals surface area (Å²) < 4.78 is 6.80. The van der Waals surface area contributed by atoms with E-state index in [2.05, 4.69) is 10.1 Å². The zero-order valence-corrected chi connectivity index (χ0v) is 12.9. The van der Waals surface area contributed by atoms with Gasteiger partial charge in [-0.15, -0.1) is 0 Å². The first kappa shape index (κ1) is 15.5. The summed E-state index contributed by atoms with van der Waals surface area (Å²) in [5.41, 5.74) is 2.54. The summed E-state index contributed by atoms with van der Waals surface area (Å²) in [5, 5.41) is 4.99. The number of esters is 1. The Morgan fingerprint density at radius 3 is 2.90 bits per heavy atom. The van der Waals surface area contributed by atoms with Crippen molar-refractivity contribution in [3.8, 4) is 11.4 Å². The lowest BCUT2D eigenvalue weighted by Crippen LogP contribution is -2.06. The predicted molar refractivity (Wildman–Crippen MR) is 81.0 cm³/mol. The van der Waals surface area contributed by atoms with Crippen LogP contribution >= 0.6 is 11.6 Å². The summed E-state index contributed by atoms with van der Waals surface area (Å²) in [5.74, 6) is -0.186. The second kappa shape index (κ2) is 7.22. The quantitative estimate of drug-likeness (QED) is 0.770. The monoisotopic (exact) mass is 307 g/mol. The van der Waals surface area contributed by atoms with Crippen molar-refractivity contribution in [3.05, 3.63) is 35.1 Å². The molecule has 6 heteroatoms. The van der Waals surface area contributed by atoms with Gasteiger partial charge >= 0.3 is 5.97 Å². The van der Waals surface area contributed by atoms with Gasteiger partial charge in [-0.05, 0) is 24.6 Å². The topological polar surface area (TPSA) is 57.0 Å². The van der Waals surface area contributed by atoms with Crippen molar-refractivity contribution >= 4 is 17.6 Å². The molecule has 21 heavy (non-hydrogen) atoms. The van der Waals surface area contributed by atoms with Crippen LogP contribution in [0, 0.1) is 0 Å². The third-order valence-electron chi connectivity index (χ3n) is 2.97. The first-order chi connectivity index (χ1) is 10.1. The largest absolute Gasteiger partial charge is 0.466 e. The molecule has 2 aromatic heterocycles. The zero-order valence-electron chi connectivity index (χ0n) is 12.2. The van der Waals surface area contributed by atoms with Crippen LogP contribution in [0.2, 0.25) is 5.02 Å². The molecule has 2 aromatic rings. The number of aromatic nitrogens is 3. The average Bonchev–Trinajstić information content (AvgIpc) is 2.85. The van der Waals surface area contributed by atoms with Crippen molar-refractivity contribution < 1.29 is 9.53 Å². The molecule has 0 amide bonds. The highest BCUT2D eigenvalue weighted by molar-refractivity contribution is 6.30. The Morgan fingerprint density at radius 1 is 1.43 bits per heavy atom. The van der Waals surface area contributed by atoms with Gasteiger partial charge in [0.2, 0.25) is 0 Å². The minimum Gasteiger partial charge on any atom is -0.466 e. The van der Waals surface area contributed by atoms with Gasteiger partial charge in [-0.25, -0.2) is 0 Å². The number of carbonyl (C=O) groups is 1. The second-order valence-electron chi connectivity index (χ2n) is 4.73. The number of nitrogens with zero attached hydrogens (tertiary/aromatic N) is 3. The van der Waals surface area contributed by atoms with Gasteiger partial charge in [-0.1, -0.05) is 18.5 Å². The molecule has 0 aromatic carbocycles. The Labute approximate surface area is 128 Å². The first-order valence-corrected chi connectivity index (χ1v) is 7.28. The highest BCUT2D eigenvalue weighted by Crippen LogP contribution is 2.19. The van der Waals surface area contributed by atoms with Crippen molar-refractivity contribution in [2.24, 2.45) is 7.05 Å². The van der Waals surface area contributed by atoms with Crippen molar-refractivity contribution in [3.63, 3.8) is 0 Å². The number of ether oxygens (including phenoxy) is 1. The van der Waals surface area contributed by atoms with Gasteiger partial charge in [-0.2, -0.15) is 5.10 Å². The zero-order chi connectivity index (χ0) is 15.2. The molecule has 0 bridgehead atoms. The van der Waals surface area contributed by atoms with E-state index in [1.165, 1.54) is 0 Å². The van der Waals surface area contributed by atoms with Gasteiger partial charge in [0.25, 0.3) is 0 Å². The van der Waals surface area contributed by atoms with Crippen LogP contribution in [0.5, 0.6) is 0 Å². The maximum Gasteiger partial charge on any atom is 0.306 e. The molecule has 0 atom stereocenters. The van der Waals surface area contributed by atoms with Gasteiger partial charge in [0.05, 0.1) is 35.1 Å². The molecule has 2 rings (SSSR count). The first-order valence-electron chi connectivity index (χ1n) is 6.90. The van der Waals surface area contributed by atoms with Crippen LogP contribution in [0.4, 0.5) is 0 Å². The molecule has 0 N–H and O–H groups in total. The number of pyridine rings is 1. The van der Waals surface area contributed by atoms with Crippen molar-refractivity contribution in [2.45, 2.75) is 26.2 Å². The van der Waals surface area contributed by atoms with E-state index in [0.717, 1.165) is 23.5 Å². The predicted octanol–water partition coefficient (Wildman–Crippen LogP) is 3.02. The second-order valence-corrected chi connectivity index (χ2v) is 5.16. The summed E-state index contributed by atoms with van der Waals surface area (Å²) in [6, 6.07) is 5.57. The number of hydrogen-bond acceptors (Lipinski definition) is 4. The van der Waals surface area contributed by atoms with E-state index < -0.39 is 0 Å². The van der Waals surface area contributed by atoms with Crippen LogP contribution < -0.4 is 0 Å². The van der Waals surface area contributed by atoms with E-state index in [-0.39, 0.29) is 5.97 Å². The lowest BCUT2D eigenvalue weighted by molar-refractivity contribution is -0.143. The maximum atomic E-state index is 11.5. The van der Waals surface area contributed by atoms with Crippen LogP contribution in [0.1, 0.15) is 25.5 Å². The Bertz CT molecular complexity index is 608. The van der Waals surface area contributed by atoms with Crippen molar-refractivity contribution in [2.75, 3.05) is 6.61 Å². The summed E-state index contributed by atoms with van der Waals surface area (Å²) in [6.45, 7) is 2.44. The Hall–Kier alpha value is -1.88. The average molecular weight is 308 g/mol. The molecule has 0 saturated carbocycles. The third-order valence-corrected chi connectivity index (χ3v) is 3.20. The van der Waals surface area contributed by atoms with Crippen molar-refractivity contribution in [1.29, 1.82) is 0 Å². The molecule has 112 valence electrons. The molecule has 0 fully saturated rings. The lowest BCUT2D eigenvalue weighted by atomic mass is 10.2. The van der Waals surface area contributed by atoms with Gasteiger partial charge in [0.15, 0.2) is 0 Å². The van der Waals surface area contributed by atoms with Crippen LogP contribution in [0.3, 0.4) is 0 Å². The minimum atomic E-state index is -0.186. The lowest BCUT2D eigenvalue weighted by Gasteiger charge is -2.00. The molecule has 5 nitrogen and oxygen atoms in total. The number of hydrogen-bond donors (Lipinski definition) is 0. The van der Waals surface area contributed by atoms with E-state index in [0.29, 0.717) is 24.5 Å². The number of carbonyl (C=O) groups excluding carboxylic acids is 1. The smallest absolute Gasteiger partial charge is 0.306 e. The standard InChI is InChI=1S/C15H18ClN3O2/c1-3-8-21-15(20)7-5-12-9-14(19(2)18-12)13-6-4-11(16)10-17-13/h4,6,9-10H,3,5,7-8H2,1-2H3. The highest BCUT2D eigenvalue weighted by atomic mass is 35.5. The number of rotatable bonds is 6. The molecule has 2 heterocycles. The molecule has 0 aliphatic heterocycles. The fourth-order valence-corrected chi connectivity index (χ4v) is 2.05. The molecule has 0 aliphatic rings. The number of halogens is 1. The number of aryl methyl sites for hydroxylation is 2. The van der Waals surface area contributed by atoms with E-state index in [1.54, 1.807) is 16.9 Å². The van der Waals surface area contributed by atoms with Crippen LogP contribution in [-0.2, 0) is 23.0 Å². The highest BCUT2D eigenvalue weighted by Gasteiger charge is 2.10. The van der Waals surface area contributed by atoms with E-state index in [9.17, 15) is 4.79 Å². The Balaban J connectivity index is 2.02. The van der Waals surface area contributed by atoms with Gasteiger partial charge in [-0.3, -0.25) is 14.5 Å². The third kappa shape index (κ3) is 4.29. The molecule has 0 spiro atoms. The normalized spacial score (nSPS) is 10.6. The molecule has 0 aliphatic carbocycles. The SMILES string of the molecule is CCCOC(=O)CCc1cc(-c2ccc(Cl)cn2)n(C)n1. The van der Waals surface area contributed by atoms with Crippen LogP contribution in [-0.4, -0.2) is 27.3 Å². The van der Waals surface area contributed by atoms with E-state index in [4.69, 9.17) is 16.3 Å². The van der Waals surface area contributed by atoms with Gasteiger partial charge in [0.1, 0.15) is 0 Å². The molecule has 0 radical (unpaired) electrons. The Kier molecular flexibility index (Phi) is 5.33. The maximum absolute atomic E-state index is 11.5. The van der Waals surface area contributed by atoms with Crippen LogP contribution in [0.15, 0.2) is 24.4 Å². The van der Waals surface area contributed by atoms with E-state index >= 15 is 0 Å². The Morgan fingerprint density at radius 2 is 2.24 bits per heavy atom.